The number of hydrogen-bond acceptors (Lipinski definition) is 4. The van der Waals surface area contributed by atoms with Gasteiger partial charge >= 0.3 is 0 Å². The molecule has 0 radical (unpaired) electrons. The molecule has 0 bridgehead atoms. The Bertz CT molecular complexity index is 619. The molecule has 0 saturated carbocycles. The summed E-state index contributed by atoms with van der Waals surface area (Å²) >= 11 is 0. The average Bonchev–Trinajstić information content (AvgIpc) is 2.47. The van der Waals surface area contributed by atoms with E-state index in [1.165, 1.54) is 0 Å². The van der Waals surface area contributed by atoms with Crippen molar-refractivity contribution in [1.29, 1.82) is 5.26 Å². The summed E-state index contributed by atoms with van der Waals surface area (Å²) in [7, 11) is 0. The van der Waals surface area contributed by atoms with E-state index in [-0.39, 0.29) is 6.04 Å². The zero-order valence-electron chi connectivity index (χ0n) is 11.9. The quantitative estimate of drug-likeness (QED) is 0.876. The van der Waals surface area contributed by atoms with Crippen LogP contribution in [0.5, 0.6) is 5.75 Å². The summed E-state index contributed by atoms with van der Waals surface area (Å²) in [4.78, 5) is 4.51. The fraction of sp³-hybridized carbons (Fsp3) is 0.375. The van der Waals surface area contributed by atoms with Crippen LogP contribution in [0.15, 0.2) is 30.3 Å². The summed E-state index contributed by atoms with van der Waals surface area (Å²) in [5.74, 6) is 0.727. The van der Waals surface area contributed by atoms with Gasteiger partial charge in [0, 0.05) is 11.1 Å². The molecule has 1 atom stereocenters. The van der Waals surface area contributed by atoms with Crippen molar-refractivity contribution in [2.45, 2.75) is 26.3 Å². The maximum atomic E-state index is 9.08. The number of nitrogens with one attached hydrogen (secondary N) is 1. The molecule has 0 spiro atoms. The van der Waals surface area contributed by atoms with Gasteiger partial charge in [0.15, 0.2) is 0 Å². The van der Waals surface area contributed by atoms with Gasteiger partial charge in [0.25, 0.3) is 0 Å². The highest BCUT2D eigenvalue weighted by Crippen LogP contribution is 2.23. The Morgan fingerprint density at radius 1 is 1.35 bits per heavy atom. The molecular formula is C16H19N3O. The zero-order chi connectivity index (χ0) is 14.4. The standard InChI is InChI=1S/C16H19N3O/c1-3-9-18-14(10-17)11-20-15-6-4-5-13-8-7-12(2)19-16(13)15/h4-8,14,18H,3,9,11H2,1-2H3. The van der Waals surface area contributed by atoms with Crippen molar-refractivity contribution in [3.63, 3.8) is 0 Å². The maximum Gasteiger partial charge on any atom is 0.145 e. The molecule has 1 heterocycles. The van der Waals surface area contributed by atoms with Gasteiger partial charge in [-0.3, -0.25) is 5.32 Å². The van der Waals surface area contributed by atoms with Gasteiger partial charge in [0.05, 0.1) is 6.07 Å². The Morgan fingerprint density at radius 2 is 2.20 bits per heavy atom. The summed E-state index contributed by atoms with van der Waals surface area (Å²) in [5.41, 5.74) is 1.80. The topological polar surface area (TPSA) is 57.9 Å². The van der Waals surface area contributed by atoms with E-state index in [0.29, 0.717) is 6.61 Å². The van der Waals surface area contributed by atoms with Crippen molar-refractivity contribution in [3.05, 3.63) is 36.0 Å². The molecule has 1 N–H and O–H groups in total. The molecule has 20 heavy (non-hydrogen) atoms. The van der Waals surface area contributed by atoms with Crippen LogP contribution in [-0.2, 0) is 0 Å². The van der Waals surface area contributed by atoms with Crippen LogP contribution < -0.4 is 10.1 Å². The lowest BCUT2D eigenvalue weighted by Gasteiger charge is -2.13. The van der Waals surface area contributed by atoms with Crippen LogP contribution in [0.3, 0.4) is 0 Å². The lowest BCUT2D eigenvalue weighted by atomic mass is 10.2. The second kappa shape index (κ2) is 6.88. The minimum absolute atomic E-state index is 0.296. The number of rotatable bonds is 6. The molecule has 4 nitrogen and oxygen atoms in total. The summed E-state index contributed by atoms with van der Waals surface area (Å²) in [5, 5.41) is 13.3. The van der Waals surface area contributed by atoms with Gasteiger partial charge in [-0.25, -0.2) is 4.98 Å². The Morgan fingerprint density at radius 3 is 2.95 bits per heavy atom. The Labute approximate surface area is 119 Å². The highest BCUT2D eigenvalue weighted by molar-refractivity contribution is 5.84. The van der Waals surface area contributed by atoms with Crippen molar-refractivity contribution in [1.82, 2.24) is 10.3 Å². The Hall–Kier alpha value is -2.12. The fourth-order valence-electron chi connectivity index (χ4n) is 1.97. The molecule has 0 aliphatic rings. The fourth-order valence-corrected chi connectivity index (χ4v) is 1.97. The molecule has 104 valence electrons. The van der Waals surface area contributed by atoms with Crippen LogP contribution in [-0.4, -0.2) is 24.2 Å². The van der Waals surface area contributed by atoms with Gasteiger partial charge in [0.2, 0.25) is 0 Å². The van der Waals surface area contributed by atoms with Crippen molar-refractivity contribution in [2.75, 3.05) is 13.2 Å². The number of aryl methyl sites for hydroxylation is 1. The van der Waals surface area contributed by atoms with Gasteiger partial charge in [0.1, 0.15) is 23.9 Å². The summed E-state index contributed by atoms with van der Waals surface area (Å²) in [6.07, 6.45) is 0.993. The second-order valence-electron chi connectivity index (χ2n) is 4.73. The number of nitriles is 1. The Balaban J connectivity index is 2.13. The van der Waals surface area contributed by atoms with Gasteiger partial charge in [-0.1, -0.05) is 25.1 Å². The second-order valence-corrected chi connectivity index (χ2v) is 4.73. The van der Waals surface area contributed by atoms with Crippen LogP contribution >= 0.6 is 0 Å². The number of aromatic nitrogens is 1. The lowest BCUT2D eigenvalue weighted by molar-refractivity contribution is 0.292. The monoisotopic (exact) mass is 269 g/mol. The predicted molar refractivity (Wildman–Crippen MR) is 79.7 cm³/mol. The summed E-state index contributed by atoms with van der Waals surface area (Å²) in [6, 6.07) is 11.8. The molecule has 0 amide bonds. The van der Waals surface area contributed by atoms with E-state index in [0.717, 1.165) is 35.3 Å². The van der Waals surface area contributed by atoms with E-state index in [1.54, 1.807) is 0 Å². The molecule has 4 heteroatoms. The molecule has 1 aromatic heterocycles. The van der Waals surface area contributed by atoms with Gasteiger partial charge in [-0.2, -0.15) is 5.26 Å². The van der Waals surface area contributed by atoms with E-state index in [4.69, 9.17) is 10.00 Å². The largest absolute Gasteiger partial charge is 0.489 e. The number of nitrogens with zero attached hydrogens (tertiary/aromatic N) is 2. The lowest BCUT2D eigenvalue weighted by Crippen LogP contribution is -2.33. The highest BCUT2D eigenvalue weighted by atomic mass is 16.5. The van der Waals surface area contributed by atoms with Crippen LogP contribution in [0.1, 0.15) is 19.0 Å². The third-order valence-corrected chi connectivity index (χ3v) is 3.02. The van der Waals surface area contributed by atoms with E-state index in [1.807, 2.05) is 37.3 Å². The SMILES string of the molecule is CCCNC(C#N)COc1cccc2ccc(C)nc12. The molecule has 1 unspecified atom stereocenters. The van der Waals surface area contributed by atoms with E-state index < -0.39 is 0 Å². The highest BCUT2D eigenvalue weighted by Gasteiger charge is 2.09. The zero-order valence-corrected chi connectivity index (χ0v) is 11.9. The van der Waals surface area contributed by atoms with Crippen LogP contribution in [0.4, 0.5) is 0 Å². The number of fused-ring (bicyclic) bond motifs is 1. The molecule has 1 aromatic carbocycles. The maximum absolute atomic E-state index is 9.08. The first-order valence-electron chi connectivity index (χ1n) is 6.86. The first-order chi connectivity index (χ1) is 9.74. The normalized spacial score (nSPS) is 12.1. The third kappa shape index (κ3) is 3.46. The van der Waals surface area contributed by atoms with Crippen molar-refractivity contribution >= 4 is 10.9 Å². The Kier molecular flexibility index (Phi) is 4.91. The van der Waals surface area contributed by atoms with Crippen molar-refractivity contribution in [3.8, 4) is 11.8 Å². The molecule has 0 saturated heterocycles. The van der Waals surface area contributed by atoms with Crippen LogP contribution in [0.2, 0.25) is 0 Å². The van der Waals surface area contributed by atoms with Gasteiger partial charge in [-0.05, 0) is 32.0 Å². The number of hydrogen-bond donors (Lipinski definition) is 1. The smallest absolute Gasteiger partial charge is 0.145 e. The van der Waals surface area contributed by atoms with E-state index in [9.17, 15) is 0 Å². The van der Waals surface area contributed by atoms with Crippen molar-refractivity contribution < 1.29 is 4.74 Å². The molecular weight excluding hydrogens is 250 g/mol. The molecule has 0 fully saturated rings. The molecule has 0 aliphatic heterocycles. The number of ether oxygens (including phenoxy) is 1. The molecule has 0 aliphatic carbocycles. The first kappa shape index (κ1) is 14.3. The number of benzene rings is 1. The summed E-state index contributed by atoms with van der Waals surface area (Å²) in [6.45, 7) is 5.16. The van der Waals surface area contributed by atoms with Crippen LogP contribution in [0.25, 0.3) is 10.9 Å². The van der Waals surface area contributed by atoms with Gasteiger partial charge < -0.3 is 4.74 Å². The van der Waals surface area contributed by atoms with E-state index in [2.05, 4.69) is 23.3 Å². The van der Waals surface area contributed by atoms with Crippen molar-refractivity contribution in [2.24, 2.45) is 0 Å². The van der Waals surface area contributed by atoms with E-state index >= 15 is 0 Å². The third-order valence-electron chi connectivity index (χ3n) is 3.02. The number of pyridine rings is 1. The minimum Gasteiger partial charge on any atom is -0.489 e. The number of para-hydroxylation sites is 1. The predicted octanol–water partition coefficient (Wildman–Crippen LogP) is 2.81. The molecule has 2 rings (SSSR count). The average molecular weight is 269 g/mol. The minimum atomic E-state index is -0.296. The summed E-state index contributed by atoms with van der Waals surface area (Å²) < 4.78 is 5.78. The first-order valence-corrected chi connectivity index (χ1v) is 6.86. The molecule has 2 aromatic rings. The van der Waals surface area contributed by atoms with Gasteiger partial charge in [-0.15, -0.1) is 0 Å². The van der Waals surface area contributed by atoms with Crippen LogP contribution in [0, 0.1) is 18.3 Å².